The van der Waals surface area contributed by atoms with E-state index in [9.17, 15) is 0 Å². The standard InChI is InChI=1S/C13H19N3O/c1-2-17-12-6-3-5-11(9-12)10-16-13-14-7-4-8-15-13/h3,5-6,9H,2,4,7-8,10H2,1H3,(H2,14,15,16). The molecule has 4 heteroatoms. The molecule has 0 radical (unpaired) electrons. The average Bonchev–Trinajstić information content (AvgIpc) is 2.39. The third-order valence-corrected chi connectivity index (χ3v) is 2.57. The Bertz CT molecular complexity index is 390. The number of ether oxygens (including phenoxy) is 1. The summed E-state index contributed by atoms with van der Waals surface area (Å²) in [6.07, 6.45) is 1.12. The van der Waals surface area contributed by atoms with E-state index in [-0.39, 0.29) is 0 Å². The van der Waals surface area contributed by atoms with Gasteiger partial charge in [-0.05, 0) is 31.0 Å². The van der Waals surface area contributed by atoms with Crippen LogP contribution < -0.4 is 15.4 Å². The highest BCUT2D eigenvalue weighted by molar-refractivity contribution is 5.80. The van der Waals surface area contributed by atoms with E-state index in [2.05, 4.69) is 27.8 Å². The Morgan fingerprint density at radius 2 is 2.41 bits per heavy atom. The normalized spacial score (nSPS) is 14.8. The first-order chi connectivity index (χ1) is 8.38. The van der Waals surface area contributed by atoms with Gasteiger partial charge in [0.1, 0.15) is 5.75 Å². The highest BCUT2D eigenvalue weighted by Gasteiger charge is 2.03. The lowest BCUT2D eigenvalue weighted by atomic mass is 10.2. The van der Waals surface area contributed by atoms with E-state index in [0.717, 1.165) is 37.8 Å². The molecule has 0 aromatic heterocycles. The number of rotatable bonds is 4. The highest BCUT2D eigenvalue weighted by Crippen LogP contribution is 2.12. The predicted octanol–water partition coefficient (Wildman–Crippen LogP) is 1.52. The van der Waals surface area contributed by atoms with Gasteiger partial charge in [-0.15, -0.1) is 0 Å². The Balaban J connectivity index is 1.89. The van der Waals surface area contributed by atoms with Gasteiger partial charge in [-0.25, -0.2) is 0 Å². The van der Waals surface area contributed by atoms with Crippen molar-refractivity contribution in [3.05, 3.63) is 29.8 Å². The molecule has 1 aliphatic heterocycles. The second-order valence-electron chi connectivity index (χ2n) is 3.94. The van der Waals surface area contributed by atoms with Gasteiger partial charge in [0.15, 0.2) is 5.96 Å². The number of guanidine groups is 1. The minimum atomic E-state index is 0.700. The van der Waals surface area contributed by atoms with Crippen molar-refractivity contribution in [2.75, 3.05) is 19.7 Å². The summed E-state index contributed by atoms with van der Waals surface area (Å²) in [6, 6.07) is 8.13. The summed E-state index contributed by atoms with van der Waals surface area (Å²) in [5, 5.41) is 6.53. The molecule has 2 N–H and O–H groups in total. The van der Waals surface area contributed by atoms with Crippen LogP contribution >= 0.6 is 0 Å². The van der Waals surface area contributed by atoms with E-state index < -0.39 is 0 Å². The van der Waals surface area contributed by atoms with Crippen molar-refractivity contribution in [3.8, 4) is 5.75 Å². The van der Waals surface area contributed by atoms with E-state index in [0.29, 0.717) is 6.61 Å². The average molecular weight is 233 g/mol. The minimum Gasteiger partial charge on any atom is -0.494 e. The van der Waals surface area contributed by atoms with Crippen molar-refractivity contribution < 1.29 is 4.74 Å². The maximum atomic E-state index is 5.46. The van der Waals surface area contributed by atoms with E-state index in [1.807, 2.05) is 19.1 Å². The number of nitrogens with zero attached hydrogens (tertiary/aromatic N) is 1. The molecule has 0 bridgehead atoms. The molecule has 2 rings (SSSR count). The maximum absolute atomic E-state index is 5.46. The summed E-state index contributed by atoms with van der Waals surface area (Å²) in [7, 11) is 0. The second kappa shape index (κ2) is 6.13. The van der Waals surface area contributed by atoms with Crippen LogP contribution in [0, 0.1) is 0 Å². The monoisotopic (exact) mass is 233 g/mol. The molecular weight excluding hydrogens is 214 g/mol. The molecule has 0 saturated heterocycles. The van der Waals surface area contributed by atoms with Crippen LogP contribution in [0.4, 0.5) is 0 Å². The summed E-state index contributed by atoms with van der Waals surface area (Å²) in [5.41, 5.74) is 1.20. The fraction of sp³-hybridized carbons (Fsp3) is 0.462. The van der Waals surface area contributed by atoms with Crippen LogP contribution in [0.5, 0.6) is 5.75 Å². The van der Waals surface area contributed by atoms with Crippen LogP contribution in [0.3, 0.4) is 0 Å². The molecule has 0 saturated carbocycles. The van der Waals surface area contributed by atoms with Gasteiger partial charge in [0.05, 0.1) is 6.61 Å². The highest BCUT2D eigenvalue weighted by atomic mass is 16.5. The van der Waals surface area contributed by atoms with Gasteiger partial charge in [0.25, 0.3) is 0 Å². The quantitative estimate of drug-likeness (QED) is 0.829. The van der Waals surface area contributed by atoms with Crippen molar-refractivity contribution in [1.82, 2.24) is 10.6 Å². The van der Waals surface area contributed by atoms with Gasteiger partial charge >= 0.3 is 0 Å². The molecule has 4 nitrogen and oxygen atoms in total. The zero-order valence-corrected chi connectivity index (χ0v) is 10.2. The first-order valence-corrected chi connectivity index (χ1v) is 6.12. The molecule has 92 valence electrons. The van der Waals surface area contributed by atoms with Gasteiger partial charge in [0, 0.05) is 19.6 Å². The zero-order valence-electron chi connectivity index (χ0n) is 10.2. The molecule has 1 aliphatic rings. The smallest absolute Gasteiger partial charge is 0.191 e. The lowest BCUT2D eigenvalue weighted by Crippen LogP contribution is -2.40. The topological polar surface area (TPSA) is 45.6 Å². The van der Waals surface area contributed by atoms with E-state index in [4.69, 9.17) is 4.74 Å². The Morgan fingerprint density at radius 1 is 1.47 bits per heavy atom. The third kappa shape index (κ3) is 3.66. The van der Waals surface area contributed by atoms with E-state index >= 15 is 0 Å². The lowest BCUT2D eigenvalue weighted by molar-refractivity contribution is 0.340. The number of hydrogen-bond donors (Lipinski definition) is 2. The first-order valence-electron chi connectivity index (χ1n) is 6.12. The van der Waals surface area contributed by atoms with Crippen LogP contribution in [-0.2, 0) is 6.54 Å². The molecule has 0 amide bonds. The van der Waals surface area contributed by atoms with Crippen molar-refractivity contribution in [2.45, 2.75) is 19.9 Å². The Hall–Kier alpha value is -1.71. The lowest BCUT2D eigenvalue weighted by Gasteiger charge is -2.16. The van der Waals surface area contributed by atoms with E-state index in [1.54, 1.807) is 0 Å². The SMILES string of the molecule is CCOc1cccc(CNC2=NCCCN2)c1. The summed E-state index contributed by atoms with van der Waals surface area (Å²) in [4.78, 5) is 4.37. The fourth-order valence-electron chi connectivity index (χ4n) is 1.75. The Kier molecular flexibility index (Phi) is 4.24. The number of benzene rings is 1. The second-order valence-corrected chi connectivity index (χ2v) is 3.94. The van der Waals surface area contributed by atoms with Crippen molar-refractivity contribution in [2.24, 2.45) is 4.99 Å². The van der Waals surface area contributed by atoms with Crippen LogP contribution in [0.2, 0.25) is 0 Å². The van der Waals surface area contributed by atoms with E-state index in [1.165, 1.54) is 5.56 Å². The molecular formula is C13H19N3O. The third-order valence-electron chi connectivity index (χ3n) is 2.57. The van der Waals surface area contributed by atoms with Gasteiger partial charge in [-0.3, -0.25) is 4.99 Å². The van der Waals surface area contributed by atoms with Crippen LogP contribution in [0.1, 0.15) is 18.9 Å². The number of aliphatic imine (C=N–C) groups is 1. The summed E-state index contributed by atoms with van der Waals surface area (Å²) in [5.74, 6) is 1.82. The predicted molar refractivity (Wildman–Crippen MR) is 69.4 cm³/mol. The molecule has 0 atom stereocenters. The van der Waals surface area contributed by atoms with Crippen molar-refractivity contribution in [1.29, 1.82) is 0 Å². The summed E-state index contributed by atoms with van der Waals surface area (Å²) < 4.78 is 5.46. The largest absolute Gasteiger partial charge is 0.494 e. The van der Waals surface area contributed by atoms with Gasteiger partial charge < -0.3 is 15.4 Å². The molecule has 17 heavy (non-hydrogen) atoms. The molecule has 1 aromatic carbocycles. The Labute approximate surface area is 102 Å². The van der Waals surface area contributed by atoms with Gasteiger partial charge in [-0.2, -0.15) is 0 Å². The van der Waals surface area contributed by atoms with Crippen LogP contribution in [0.15, 0.2) is 29.3 Å². The van der Waals surface area contributed by atoms with Gasteiger partial charge in [0.2, 0.25) is 0 Å². The maximum Gasteiger partial charge on any atom is 0.191 e. The fourth-order valence-corrected chi connectivity index (χ4v) is 1.75. The van der Waals surface area contributed by atoms with Crippen LogP contribution in [-0.4, -0.2) is 25.7 Å². The molecule has 0 aliphatic carbocycles. The Morgan fingerprint density at radius 3 is 3.18 bits per heavy atom. The van der Waals surface area contributed by atoms with Crippen molar-refractivity contribution >= 4 is 5.96 Å². The molecule has 1 aromatic rings. The van der Waals surface area contributed by atoms with Crippen LogP contribution in [0.25, 0.3) is 0 Å². The molecule has 0 spiro atoms. The molecule has 0 fully saturated rings. The van der Waals surface area contributed by atoms with Crippen molar-refractivity contribution in [3.63, 3.8) is 0 Å². The number of nitrogens with one attached hydrogen (secondary N) is 2. The number of hydrogen-bond acceptors (Lipinski definition) is 4. The molecule has 0 unspecified atom stereocenters. The zero-order chi connectivity index (χ0) is 11.9. The summed E-state index contributed by atoms with van der Waals surface area (Å²) in [6.45, 7) is 5.38. The minimum absolute atomic E-state index is 0.700. The first kappa shape index (κ1) is 11.8. The molecule has 1 heterocycles. The van der Waals surface area contributed by atoms with Gasteiger partial charge in [-0.1, -0.05) is 12.1 Å². The summed E-state index contributed by atoms with van der Waals surface area (Å²) >= 11 is 0.